The van der Waals surface area contributed by atoms with E-state index in [4.69, 9.17) is 5.11 Å². The van der Waals surface area contributed by atoms with Crippen molar-refractivity contribution in [2.45, 2.75) is 19.9 Å². The van der Waals surface area contributed by atoms with Gasteiger partial charge < -0.3 is 10.0 Å². The number of rotatable bonds is 6. The lowest BCUT2D eigenvalue weighted by atomic mass is 10.2. The van der Waals surface area contributed by atoms with Crippen molar-refractivity contribution in [3.05, 3.63) is 40.9 Å². The topological polar surface area (TPSA) is 75.4 Å². The molecule has 0 bridgehead atoms. The Balaban J connectivity index is 2.12. The summed E-state index contributed by atoms with van der Waals surface area (Å²) in [6.07, 6.45) is 1.69. The number of para-hydroxylation sites is 1. The van der Waals surface area contributed by atoms with E-state index in [0.717, 1.165) is 0 Å². The highest BCUT2D eigenvalue weighted by molar-refractivity contribution is 5.77. The summed E-state index contributed by atoms with van der Waals surface area (Å²) in [6.45, 7) is 2.95. The lowest BCUT2D eigenvalue weighted by Crippen LogP contribution is -2.34. The molecule has 0 fully saturated rings. The standard InChI is InChI=1S/C15H19N3O3/c1-2-17(9-10-19)14(20)7-8-18-11-16-13-6-4-3-5-12(13)15(18)21/h3-6,11,19H,2,7-10H2,1H3. The number of nitrogens with zero attached hydrogens (tertiary/aromatic N) is 3. The Kier molecular flexibility index (Phi) is 5.05. The molecule has 0 unspecified atom stereocenters. The molecule has 2 aromatic rings. The van der Waals surface area contributed by atoms with Crippen LogP contribution in [0.1, 0.15) is 13.3 Å². The van der Waals surface area contributed by atoms with Crippen molar-refractivity contribution in [2.75, 3.05) is 19.7 Å². The van der Waals surface area contributed by atoms with E-state index in [1.165, 1.54) is 10.9 Å². The van der Waals surface area contributed by atoms with Crippen molar-refractivity contribution < 1.29 is 9.90 Å². The van der Waals surface area contributed by atoms with Gasteiger partial charge in [0.05, 0.1) is 23.8 Å². The van der Waals surface area contributed by atoms with Gasteiger partial charge in [-0.3, -0.25) is 14.2 Å². The van der Waals surface area contributed by atoms with Crippen LogP contribution in [-0.2, 0) is 11.3 Å². The Morgan fingerprint density at radius 2 is 2.14 bits per heavy atom. The SMILES string of the molecule is CCN(CCO)C(=O)CCn1cnc2ccccc2c1=O. The summed E-state index contributed by atoms with van der Waals surface area (Å²) in [4.78, 5) is 30.0. The maximum Gasteiger partial charge on any atom is 0.261 e. The van der Waals surface area contributed by atoms with Gasteiger partial charge in [0.25, 0.3) is 5.56 Å². The molecule has 0 aliphatic rings. The molecule has 21 heavy (non-hydrogen) atoms. The van der Waals surface area contributed by atoms with Gasteiger partial charge in [-0.2, -0.15) is 0 Å². The number of carbonyl (C=O) groups is 1. The first-order chi connectivity index (χ1) is 10.2. The monoisotopic (exact) mass is 289 g/mol. The van der Waals surface area contributed by atoms with Gasteiger partial charge >= 0.3 is 0 Å². The number of likely N-dealkylation sites (N-methyl/N-ethyl adjacent to an activating group) is 1. The maximum atomic E-state index is 12.3. The number of amides is 1. The fourth-order valence-electron chi connectivity index (χ4n) is 2.22. The van der Waals surface area contributed by atoms with Crippen molar-refractivity contribution >= 4 is 16.8 Å². The molecule has 0 atom stereocenters. The van der Waals surface area contributed by atoms with Crippen LogP contribution in [0.2, 0.25) is 0 Å². The zero-order valence-corrected chi connectivity index (χ0v) is 12.0. The molecule has 0 saturated heterocycles. The smallest absolute Gasteiger partial charge is 0.261 e. The lowest BCUT2D eigenvalue weighted by Gasteiger charge is -2.19. The summed E-state index contributed by atoms with van der Waals surface area (Å²) < 4.78 is 1.45. The zero-order valence-electron chi connectivity index (χ0n) is 12.0. The molecule has 0 aliphatic carbocycles. The second-order valence-corrected chi connectivity index (χ2v) is 4.71. The van der Waals surface area contributed by atoms with Gasteiger partial charge in [-0.05, 0) is 19.1 Å². The van der Waals surface area contributed by atoms with Crippen LogP contribution in [0.15, 0.2) is 35.4 Å². The molecule has 1 aromatic heterocycles. The molecule has 112 valence electrons. The summed E-state index contributed by atoms with van der Waals surface area (Å²) >= 11 is 0. The zero-order chi connectivity index (χ0) is 15.2. The van der Waals surface area contributed by atoms with Gasteiger partial charge in [-0.25, -0.2) is 4.98 Å². The second kappa shape index (κ2) is 6.99. The highest BCUT2D eigenvalue weighted by Gasteiger charge is 2.11. The van der Waals surface area contributed by atoms with Crippen LogP contribution < -0.4 is 5.56 Å². The highest BCUT2D eigenvalue weighted by Crippen LogP contribution is 2.05. The summed E-state index contributed by atoms with van der Waals surface area (Å²) in [5.41, 5.74) is 0.513. The minimum atomic E-state index is -0.140. The number of aromatic nitrogens is 2. The summed E-state index contributed by atoms with van der Waals surface area (Å²) in [6, 6.07) is 7.14. The molecule has 1 N–H and O–H groups in total. The molecule has 6 nitrogen and oxygen atoms in total. The molecular weight excluding hydrogens is 270 g/mol. The Morgan fingerprint density at radius 1 is 1.38 bits per heavy atom. The van der Waals surface area contributed by atoms with Gasteiger partial charge in [0, 0.05) is 26.1 Å². The van der Waals surface area contributed by atoms with Gasteiger partial charge in [-0.15, -0.1) is 0 Å². The van der Waals surface area contributed by atoms with Crippen LogP contribution in [-0.4, -0.2) is 45.2 Å². The van der Waals surface area contributed by atoms with Crippen molar-refractivity contribution in [3.63, 3.8) is 0 Å². The molecule has 1 aromatic carbocycles. The molecule has 6 heteroatoms. The predicted octanol–water partition coefficient (Wildman–Crippen LogP) is 0.627. The van der Waals surface area contributed by atoms with E-state index in [1.807, 2.05) is 13.0 Å². The first-order valence-electron chi connectivity index (χ1n) is 7.00. The third-order valence-electron chi connectivity index (χ3n) is 3.40. The molecule has 0 spiro atoms. The van der Waals surface area contributed by atoms with E-state index in [9.17, 15) is 9.59 Å². The number of fused-ring (bicyclic) bond motifs is 1. The fourth-order valence-corrected chi connectivity index (χ4v) is 2.22. The molecule has 1 heterocycles. The fraction of sp³-hybridized carbons (Fsp3) is 0.400. The molecule has 2 rings (SSSR count). The van der Waals surface area contributed by atoms with Crippen molar-refractivity contribution in [3.8, 4) is 0 Å². The van der Waals surface area contributed by atoms with E-state index in [1.54, 1.807) is 23.1 Å². The van der Waals surface area contributed by atoms with Crippen LogP contribution >= 0.6 is 0 Å². The first-order valence-corrected chi connectivity index (χ1v) is 7.00. The average molecular weight is 289 g/mol. The number of aryl methyl sites for hydroxylation is 1. The lowest BCUT2D eigenvalue weighted by molar-refractivity contribution is -0.131. The summed E-state index contributed by atoms with van der Waals surface area (Å²) in [5.74, 6) is -0.0772. The predicted molar refractivity (Wildman–Crippen MR) is 80.0 cm³/mol. The number of hydrogen-bond donors (Lipinski definition) is 1. The minimum absolute atomic E-state index is 0.0585. The van der Waals surface area contributed by atoms with Gasteiger partial charge in [0.1, 0.15) is 0 Å². The van der Waals surface area contributed by atoms with Crippen molar-refractivity contribution in [1.29, 1.82) is 0 Å². The maximum absolute atomic E-state index is 12.3. The average Bonchev–Trinajstić information content (AvgIpc) is 2.52. The van der Waals surface area contributed by atoms with E-state index in [0.29, 0.717) is 24.0 Å². The number of aliphatic hydroxyl groups is 1. The number of carbonyl (C=O) groups excluding carboxylic acids is 1. The van der Waals surface area contributed by atoms with Crippen molar-refractivity contribution in [1.82, 2.24) is 14.5 Å². The van der Waals surface area contributed by atoms with E-state index < -0.39 is 0 Å². The van der Waals surface area contributed by atoms with Crippen LogP contribution in [0.3, 0.4) is 0 Å². The van der Waals surface area contributed by atoms with Crippen LogP contribution in [0, 0.1) is 0 Å². The molecule has 0 aliphatic heterocycles. The summed E-state index contributed by atoms with van der Waals surface area (Å²) in [7, 11) is 0. The summed E-state index contributed by atoms with van der Waals surface area (Å²) in [5, 5.41) is 9.46. The van der Waals surface area contributed by atoms with Gasteiger partial charge in [0.15, 0.2) is 0 Å². The van der Waals surface area contributed by atoms with E-state index in [-0.39, 0.29) is 31.0 Å². The van der Waals surface area contributed by atoms with Gasteiger partial charge in [0.2, 0.25) is 5.91 Å². The first kappa shape index (κ1) is 15.2. The largest absolute Gasteiger partial charge is 0.395 e. The number of aliphatic hydroxyl groups excluding tert-OH is 1. The third-order valence-corrected chi connectivity index (χ3v) is 3.40. The molecular formula is C15H19N3O3. The van der Waals surface area contributed by atoms with Gasteiger partial charge in [-0.1, -0.05) is 12.1 Å². The Hall–Kier alpha value is -2.21. The normalized spacial score (nSPS) is 10.8. The van der Waals surface area contributed by atoms with Crippen LogP contribution in [0.4, 0.5) is 0 Å². The Labute approximate surface area is 122 Å². The Bertz CT molecular complexity index is 681. The van der Waals surface area contributed by atoms with E-state index >= 15 is 0 Å². The molecule has 0 radical (unpaired) electrons. The van der Waals surface area contributed by atoms with Crippen molar-refractivity contribution in [2.24, 2.45) is 0 Å². The highest BCUT2D eigenvalue weighted by atomic mass is 16.3. The number of hydrogen-bond acceptors (Lipinski definition) is 4. The minimum Gasteiger partial charge on any atom is -0.395 e. The van der Waals surface area contributed by atoms with E-state index in [2.05, 4.69) is 4.98 Å². The Morgan fingerprint density at radius 3 is 2.86 bits per heavy atom. The molecule has 1 amide bonds. The quantitative estimate of drug-likeness (QED) is 0.846. The number of benzene rings is 1. The molecule has 0 saturated carbocycles. The van der Waals surface area contributed by atoms with Crippen LogP contribution in [0.5, 0.6) is 0 Å². The third kappa shape index (κ3) is 3.46. The second-order valence-electron chi connectivity index (χ2n) is 4.71. The van der Waals surface area contributed by atoms with Crippen LogP contribution in [0.25, 0.3) is 10.9 Å².